The lowest BCUT2D eigenvalue weighted by molar-refractivity contribution is -0.168. The van der Waals surface area contributed by atoms with Crippen LogP contribution >= 0.6 is 0 Å². The molecule has 0 bridgehead atoms. The number of hydrogen-bond donors (Lipinski definition) is 3. The number of ether oxygens (including phenoxy) is 2. The van der Waals surface area contributed by atoms with E-state index in [1.165, 1.54) is 19.3 Å². The van der Waals surface area contributed by atoms with Gasteiger partial charge in [-0.1, -0.05) is 18.6 Å². The van der Waals surface area contributed by atoms with Crippen molar-refractivity contribution in [1.29, 1.82) is 0 Å². The monoisotopic (exact) mass is 375 g/mol. The lowest BCUT2D eigenvalue weighted by Crippen LogP contribution is -2.68. The van der Waals surface area contributed by atoms with Gasteiger partial charge in [0.05, 0.1) is 13.2 Å². The van der Waals surface area contributed by atoms with Crippen LogP contribution in [0.3, 0.4) is 0 Å². The van der Waals surface area contributed by atoms with Crippen LogP contribution in [0.5, 0.6) is 11.5 Å². The molecule has 2 unspecified atom stereocenters. The van der Waals surface area contributed by atoms with Crippen LogP contribution in [0.25, 0.3) is 0 Å². The fourth-order valence-electron chi connectivity index (χ4n) is 4.35. The summed E-state index contributed by atoms with van der Waals surface area (Å²) in [5, 5.41) is 17.2. The van der Waals surface area contributed by atoms with Crippen LogP contribution in [0.4, 0.5) is 0 Å². The first-order valence-corrected chi connectivity index (χ1v) is 10.2. The van der Waals surface area contributed by atoms with Crippen molar-refractivity contribution in [3.8, 4) is 11.5 Å². The standard InChI is InChI=1S/C21H33N3O3/c1-4-22-20(23-13-10-15-8-6-9-16(26-3)19(15)25)24-17-14-18(27-5-2)21(17)11-7-12-21/h6,8-9,17-18,25H,4-5,7,10-14H2,1-3H3,(H2,22,23,24). The van der Waals surface area contributed by atoms with Crippen LogP contribution < -0.4 is 15.4 Å². The van der Waals surface area contributed by atoms with Crippen LogP contribution in [-0.4, -0.2) is 50.0 Å². The highest BCUT2D eigenvalue weighted by Crippen LogP contribution is 2.57. The molecule has 6 heteroatoms. The summed E-state index contributed by atoms with van der Waals surface area (Å²) in [6.07, 6.45) is 5.89. The molecule has 1 aromatic rings. The third-order valence-electron chi connectivity index (χ3n) is 6.05. The number of methoxy groups -OCH3 is 1. The van der Waals surface area contributed by atoms with Gasteiger partial charge >= 0.3 is 0 Å². The molecule has 1 spiro atoms. The molecule has 2 saturated carbocycles. The highest BCUT2D eigenvalue weighted by atomic mass is 16.5. The minimum Gasteiger partial charge on any atom is -0.504 e. The van der Waals surface area contributed by atoms with E-state index in [9.17, 15) is 5.11 Å². The number of benzene rings is 1. The van der Waals surface area contributed by atoms with E-state index in [2.05, 4.69) is 24.5 Å². The number of phenolic OH excluding ortho intramolecular Hbond substituents is 1. The number of rotatable bonds is 8. The van der Waals surface area contributed by atoms with Gasteiger partial charge in [0.25, 0.3) is 0 Å². The van der Waals surface area contributed by atoms with Crippen LogP contribution in [-0.2, 0) is 11.2 Å². The van der Waals surface area contributed by atoms with E-state index in [4.69, 9.17) is 14.5 Å². The third-order valence-corrected chi connectivity index (χ3v) is 6.05. The zero-order valence-corrected chi connectivity index (χ0v) is 16.8. The van der Waals surface area contributed by atoms with E-state index >= 15 is 0 Å². The number of nitrogens with one attached hydrogen (secondary N) is 2. The number of hydrogen-bond acceptors (Lipinski definition) is 4. The third kappa shape index (κ3) is 4.00. The van der Waals surface area contributed by atoms with E-state index in [1.54, 1.807) is 13.2 Å². The zero-order valence-electron chi connectivity index (χ0n) is 16.8. The first-order valence-electron chi connectivity index (χ1n) is 10.2. The molecule has 0 aliphatic heterocycles. The van der Waals surface area contributed by atoms with Crippen molar-refractivity contribution in [2.45, 2.75) is 58.1 Å². The van der Waals surface area contributed by atoms with Gasteiger partial charge in [-0.25, -0.2) is 0 Å². The Bertz CT molecular complexity index is 658. The molecular formula is C21H33N3O3. The maximum atomic E-state index is 10.2. The van der Waals surface area contributed by atoms with Gasteiger partial charge in [0.1, 0.15) is 0 Å². The zero-order chi connectivity index (χ0) is 19.3. The van der Waals surface area contributed by atoms with Crippen molar-refractivity contribution < 1.29 is 14.6 Å². The second kappa shape index (κ2) is 8.83. The number of guanidine groups is 1. The Morgan fingerprint density at radius 1 is 1.33 bits per heavy atom. The summed E-state index contributed by atoms with van der Waals surface area (Å²) in [4.78, 5) is 4.72. The molecule has 27 heavy (non-hydrogen) atoms. The average molecular weight is 376 g/mol. The lowest BCUT2D eigenvalue weighted by atomic mass is 9.51. The molecule has 0 aromatic heterocycles. The van der Waals surface area contributed by atoms with E-state index in [0.29, 0.717) is 36.3 Å². The maximum absolute atomic E-state index is 10.2. The van der Waals surface area contributed by atoms with Crippen molar-refractivity contribution in [1.82, 2.24) is 10.6 Å². The van der Waals surface area contributed by atoms with Gasteiger partial charge in [-0.3, -0.25) is 4.99 Å². The van der Waals surface area contributed by atoms with Crippen molar-refractivity contribution in [2.75, 3.05) is 26.8 Å². The van der Waals surface area contributed by atoms with Crippen molar-refractivity contribution >= 4 is 5.96 Å². The largest absolute Gasteiger partial charge is 0.504 e. The number of nitrogens with zero attached hydrogens (tertiary/aromatic N) is 1. The smallest absolute Gasteiger partial charge is 0.191 e. The quantitative estimate of drug-likeness (QED) is 0.481. The molecule has 150 valence electrons. The minimum atomic E-state index is 0.208. The molecule has 0 amide bonds. The van der Waals surface area contributed by atoms with Gasteiger partial charge in [0.15, 0.2) is 17.5 Å². The topological polar surface area (TPSA) is 75.1 Å². The number of phenols is 1. The second-order valence-electron chi connectivity index (χ2n) is 7.44. The summed E-state index contributed by atoms with van der Waals surface area (Å²) in [6, 6.07) is 6.00. The van der Waals surface area contributed by atoms with Crippen molar-refractivity contribution in [2.24, 2.45) is 10.4 Å². The van der Waals surface area contributed by atoms with E-state index < -0.39 is 0 Å². The van der Waals surface area contributed by atoms with Crippen molar-refractivity contribution in [3.63, 3.8) is 0 Å². The molecule has 3 N–H and O–H groups in total. The number of aromatic hydroxyl groups is 1. The minimum absolute atomic E-state index is 0.208. The number of para-hydroxylation sites is 1. The summed E-state index contributed by atoms with van der Waals surface area (Å²) in [5.74, 6) is 1.57. The number of aliphatic imine (C=N–C) groups is 1. The highest BCUT2D eigenvalue weighted by Gasteiger charge is 2.59. The normalized spacial score (nSPS) is 23.4. The summed E-state index contributed by atoms with van der Waals surface area (Å²) >= 11 is 0. The Kier molecular flexibility index (Phi) is 6.47. The SMILES string of the molecule is CCNC(=NCCc1cccc(OC)c1O)NC1CC(OCC)C12CCC2. The van der Waals surface area contributed by atoms with Crippen LogP contribution in [0, 0.1) is 5.41 Å². The molecule has 2 aliphatic carbocycles. The fraction of sp³-hybridized carbons (Fsp3) is 0.667. The first-order chi connectivity index (χ1) is 13.1. The van der Waals surface area contributed by atoms with Crippen LogP contribution in [0.2, 0.25) is 0 Å². The van der Waals surface area contributed by atoms with Gasteiger partial charge in [-0.05, 0) is 51.2 Å². The van der Waals surface area contributed by atoms with Crippen molar-refractivity contribution in [3.05, 3.63) is 23.8 Å². The van der Waals surface area contributed by atoms with Gasteiger partial charge in [-0.2, -0.15) is 0 Å². The first kappa shape index (κ1) is 19.8. The van der Waals surface area contributed by atoms with Crippen LogP contribution in [0.1, 0.15) is 45.1 Å². The molecule has 0 saturated heterocycles. The molecular weight excluding hydrogens is 342 g/mol. The Hall–Kier alpha value is -1.95. The molecule has 6 nitrogen and oxygen atoms in total. The molecule has 3 rings (SSSR count). The molecule has 1 aromatic carbocycles. The van der Waals surface area contributed by atoms with Gasteiger partial charge in [-0.15, -0.1) is 0 Å². The summed E-state index contributed by atoms with van der Waals surface area (Å²) in [5.41, 5.74) is 1.15. The van der Waals surface area contributed by atoms with Gasteiger partial charge in [0.2, 0.25) is 0 Å². The Balaban J connectivity index is 1.59. The lowest BCUT2D eigenvalue weighted by Gasteiger charge is -2.61. The summed E-state index contributed by atoms with van der Waals surface area (Å²) in [6.45, 7) is 6.37. The predicted octanol–water partition coefficient (Wildman–Crippen LogP) is 2.85. The Labute approximate surface area is 162 Å². The molecule has 2 atom stereocenters. The molecule has 2 aliphatic rings. The maximum Gasteiger partial charge on any atom is 0.191 e. The van der Waals surface area contributed by atoms with E-state index in [1.807, 2.05) is 12.1 Å². The Morgan fingerprint density at radius 2 is 2.15 bits per heavy atom. The predicted molar refractivity (Wildman–Crippen MR) is 108 cm³/mol. The molecule has 2 fully saturated rings. The molecule has 0 heterocycles. The van der Waals surface area contributed by atoms with Gasteiger partial charge < -0.3 is 25.2 Å². The van der Waals surface area contributed by atoms with E-state index in [0.717, 1.165) is 31.1 Å². The second-order valence-corrected chi connectivity index (χ2v) is 7.44. The van der Waals surface area contributed by atoms with Crippen LogP contribution in [0.15, 0.2) is 23.2 Å². The molecule has 0 radical (unpaired) electrons. The summed E-state index contributed by atoms with van der Waals surface area (Å²) in [7, 11) is 1.56. The Morgan fingerprint density at radius 3 is 2.78 bits per heavy atom. The summed E-state index contributed by atoms with van der Waals surface area (Å²) < 4.78 is 11.1. The average Bonchev–Trinajstić information content (AvgIpc) is 2.60. The van der Waals surface area contributed by atoms with E-state index in [-0.39, 0.29) is 5.75 Å². The van der Waals surface area contributed by atoms with Gasteiger partial charge in [0, 0.05) is 31.2 Å². The fourth-order valence-corrected chi connectivity index (χ4v) is 4.35. The highest BCUT2D eigenvalue weighted by molar-refractivity contribution is 5.80.